The van der Waals surface area contributed by atoms with Gasteiger partial charge in [0.2, 0.25) is 0 Å². The molecule has 1 unspecified atom stereocenters. The molecule has 1 N–H and O–H groups in total. The first-order chi connectivity index (χ1) is 11.8. The van der Waals surface area contributed by atoms with Crippen molar-refractivity contribution in [1.82, 2.24) is 4.90 Å². The van der Waals surface area contributed by atoms with Gasteiger partial charge in [0.25, 0.3) is 0 Å². The van der Waals surface area contributed by atoms with Gasteiger partial charge in [0, 0.05) is 33.4 Å². The summed E-state index contributed by atoms with van der Waals surface area (Å²) in [5.41, 5.74) is 2.41. The molecule has 132 valence electrons. The van der Waals surface area contributed by atoms with Gasteiger partial charge in [-0.3, -0.25) is 4.90 Å². The quantitative estimate of drug-likeness (QED) is 0.598. The van der Waals surface area contributed by atoms with Gasteiger partial charge in [-0.1, -0.05) is 30.3 Å². The Hall–Kier alpha value is -1.24. The molecule has 0 saturated carbocycles. The normalized spacial score (nSPS) is 12.6. The first kappa shape index (κ1) is 19.1. The number of methoxy groups -OCH3 is 1. The van der Waals surface area contributed by atoms with Crippen LogP contribution in [-0.2, 0) is 22.6 Å². The van der Waals surface area contributed by atoms with E-state index in [1.165, 1.54) is 5.56 Å². The molecule has 5 heteroatoms. The van der Waals surface area contributed by atoms with Crippen molar-refractivity contribution >= 4 is 11.3 Å². The molecule has 0 aliphatic rings. The minimum atomic E-state index is -0.491. The lowest BCUT2D eigenvalue weighted by Crippen LogP contribution is -2.35. The highest BCUT2D eigenvalue weighted by Gasteiger charge is 2.13. The molecule has 4 nitrogen and oxygen atoms in total. The van der Waals surface area contributed by atoms with Gasteiger partial charge in [0.15, 0.2) is 0 Å². The van der Waals surface area contributed by atoms with Crippen LogP contribution in [0.3, 0.4) is 0 Å². The Morgan fingerprint density at radius 2 is 2.00 bits per heavy atom. The minimum Gasteiger partial charge on any atom is -0.389 e. The number of aliphatic hydroxyl groups is 1. The molecule has 24 heavy (non-hydrogen) atoms. The van der Waals surface area contributed by atoms with E-state index in [-0.39, 0.29) is 0 Å². The fraction of sp³-hybridized carbons (Fsp3) is 0.474. The number of ether oxygens (including phenoxy) is 2. The molecular weight excluding hydrogens is 322 g/mol. The van der Waals surface area contributed by atoms with Crippen LogP contribution in [0.25, 0.3) is 0 Å². The van der Waals surface area contributed by atoms with E-state index in [0.717, 1.165) is 31.7 Å². The highest BCUT2D eigenvalue weighted by molar-refractivity contribution is 7.07. The van der Waals surface area contributed by atoms with Crippen molar-refractivity contribution in [2.45, 2.75) is 25.7 Å². The van der Waals surface area contributed by atoms with Gasteiger partial charge < -0.3 is 14.6 Å². The molecule has 0 bridgehead atoms. The van der Waals surface area contributed by atoms with Crippen LogP contribution in [0.2, 0.25) is 0 Å². The smallest absolute Gasteiger partial charge is 0.0900 e. The number of nitrogens with zero attached hydrogens (tertiary/aromatic N) is 1. The van der Waals surface area contributed by atoms with Crippen molar-refractivity contribution in [1.29, 1.82) is 0 Å². The lowest BCUT2D eigenvalue weighted by Gasteiger charge is -2.24. The zero-order valence-electron chi connectivity index (χ0n) is 14.3. The molecule has 2 rings (SSSR count). The second-order valence-electron chi connectivity index (χ2n) is 5.87. The van der Waals surface area contributed by atoms with Crippen LogP contribution in [0.15, 0.2) is 47.2 Å². The molecule has 2 aromatic rings. The number of hydrogen-bond acceptors (Lipinski definition) is 5. The Bertz CT molecular complexity index is 533. The van der Waals surface area contributed by atoms with E-state index in [9.17, 15) is 5.11 Å². The molecule has 0 aliphatic heterocycles. The Labute approximate surface area is 148 Å². The Morgan fingerprint density at radius 3 is 2.71 bits per heavy atom. The van der Waals surface area contributed by atoms with Crippen LogP contribution in [0.4, 0.5) is 0 Å². The monoisotopic (exact) mass is 349 g/mol. The van der Waals surface area contributed by atoms with Crippen LogP contribution in [0.5, 0.6) is 0 Å². The van der Waals surface area contributed by atoms with E-state index in [1.54, 1.807) is 18.4 Å². The summed E-state index contributed by atoms with van der Waals surface area (Å²) in [6, 6.07) is 12.2. The summed E-state index contributed by atoms with van der Waals surface area (Å²) < 4.78 is 10.8. The van der Waals surface area contributed by atoms with Gasteiger partial charge in [-0.15, -0.1) is 0 Å². The van der Waals surface area contributed by atoms with Crippen LogP contribution in [0.1, 0.15) is 17.5 Å². The summed E-state index contributed by atoms with van der Waals surface area (Å²) in [6.45, 7) is 3.98. The maximum atomic E-state index is 10.3. The van der Waals surface area contributed by atoms with Gasteiger partial charge >= 0.3 is 0 Å². The summed E-state index contributed by atoms with van der Waals surface area (Å²) in [5.74, 6) is 0. The molecule has 0 spiro atoms. The zero-order valence-corrected chi connectivity index (χ0v) is 15.1. The molecule has 0 fully saturated rings. The topological polar surface area (TPSA) is 41.9 Å². The van der Waals surface area contributed by atoms with Gasteiger partial charge in [-0.2, -0.15) is 11.3 Å². The molecule has 1 atom stereocenters. The second-order valence-corrected chi connectivity index (χ2v) is 6.65. The second kappa shape index (κ2) is 11.3. The lowest BCUT2D eigenvalue weighted by atomic mass is 10.2. The minimum absolute atomic E-state index is 0.347. The van der Waals surface area contributed by atoms with Crippen molar-refractivity contribution in [3.8, 4) is 0 Å². The average molecular weight is 349 g/mol. The van der Waals surface area contributed by atoms with E-state index in [0.29, 0.717) is 19.8 Å². The molecule has 0 aliphatic carbocycles. The highest BCUT2D eigenvalue weighted by Crippen LogP contribution is 2.11. The van der Waals surface area contributed by atoms with Crippen molar-refractivity contribution in [2.24, 2.45) is 0 Å². The summed E-state index contributed by atoms with van der Waals surface area (Å²) >= 11 is 1.70. The summed E-state index contributed by atoms with van der Waals surface area (Å²) in [5, 5.41) is 14.5. The molecular formula is C19H27NO3S. The van der Waals surface area contributed by atoms with Gasteiger partial charge in [0.05, 0.1) is 19.3 Å². The third kappa shape index (κ3) is 7.55. The average Bonchev–Trinajstić information content (AvgIpc) is 3.09. The van der Waals surface area contributed by atoms with E-state index in [4.69, 9.17) is 9.47 Å². The highest BCUT2D eigenvalue weighted by atomic mass is 32.1. The molecule has 1 heterocycles. The number of hydrogen-bond donors (Lipinski definition) is 1. The maximum Gasteiger partial charge on any atom is 0.0900 e. The van der Waals surface area contributed by atoms with Crippen LogP contribution < -0.4 is 0 Å². The Balaban J connectivity index is 1.74. The van der Waals surface area contributed by atoms with Gasteiger partial charge in [-0.05, 0) is 34.4 Å². The van der Waals surface area contributed by atoms with E-state index in [1.807, 2.05) is 30.3 Å². The Morgan fingerprint density at radius 1 is 1.17 bits per heavy atom. The first-order valence-electron chi connectivity index (χ1n) is 8.30. The van der Waals surface area contributed by atoms with E-state index in [2.05, 4.69) is 21.7 Å². The Kier molecular flexibility index (Phi) is 9.02. The number of thiophene rings is 1. The van der Waals surface area contributed by atoms with E-state index >= 15 is 0 Å². The third-order valence-electron chi connectivity index (χ3n) is 3.70. The largest absolute Gasteiger partial charge is 0.389 e. The number of benzene rings is 1. The molecule has 0 saturated heterocycles. The van der Waals surface area contributed by atoms with Gasteiger partial charge in [0.1, 0.15) is 0 Å². The maximum absolute atomic E-state index is 10.3. The molecule has 1 aromatic carbocycles. The van der Waals surface area contributed by atoms with Crippen molar-refractivity contribution < 1.29 is 14.6 Å². The molecule has 0 amide bonds. The predicted molar refractivity (Wildman–Crippen MR) is 98.2 cm³/mol. The van der Waals surface area contributed by atoms with Crippen LogP contribution in [-0.4, -0.2) is 49.5 Å². The summed E-state index contributed by atoms with van der Waals surface area (Å²) in [4.78, 5) is 2.26. The molecule has 1 aromatic heterocycles. The van der Waals surface area contributed by atoms with Crippen molar-refractivity contribution in [3.63, 3.8) is 0 Å². The standard InChI is InChI=1S/C19H27NO3S/c1-22-10-5-9-20(12-18-8-11-24-16-18)13-19(21)15-23-14-17-6-3-2-4-7-17/h2-4,6-8,11,16,19,21H,5,9-10,12-15H2,1H3. The van der Waals surface area contributed by atoms with Gasteiger partial charge in [-0.25, -0.2) is 0 Å². The van der Waals surface area contributed by atoms with E-state index < -0.39 is 6.10 Å². The summed E-state index contributed by atoms with van der Waals surface area (Å²) in [6.07, 6.45) is 0.466. The number of rotatable bonds is 12. The third-order valence-corrected chi connectivity index (χ3v) is 4.43. The fourth-order valence-corrected chi connectivity index (χ4v) is 3.21. The zero-order chi connectivity index (χ0) is 17.0. The van der Waals surface area contributed by atoms with Crippen LogP contribution >= 0.6 is 11.3 Å². The number of aliphatic hydroxyl groups excluding tert-OH is 1. The van der Waals surface area contributed by atoms with Crippen molar-refractivity contribution in [2.75, 3.05) is 33.4 Å². The lowest BCUT2D eigenvalue weighted by molar-refractivity contribution is 0.00740. The predicted octanol–water partition coefficient (Wildman–Crippen LogP) is 3.16. The fourth-order valence-electron chi connectivity index (χ4n) is 2.55. The first-order valence-corrected chi connectivity index (χ1v) is 9.24. The van der Waals surface area contributed by atoms with Crippen molar-refractivity contribution in [3.05, 3.63) is 58.3 Å². The SMILES string of the molecule is COCCCN(Cc1ccsc1)CC(O)COCc1ccccc1. The van der Waals surface area contributed by atoms with Crippen LogP contribution in [0, 0.1) is 0 Å². The summed E-state index contributed by atoms with van der Waals surface area (Å²) in [7, 11) is 1.72. The molecule has 0 radical (unpaired) electrons.